The summed E-state index contributed by atoms with van der Waals surface area (Å²) >= 11 is 0. The van der Waals surface area contributed by atoms with Gasteiger partial charge < -0.3 is 9.64 Å². The summed E-state index contributed by atoms with van der Waals surface area (Å²) in [7, 11) is 1.65. The van der Waals surface area contributed by atoms with Crippen LogP contribution in [0.4, 0.5) is 4.79 Å². The summed E-state index contributed by atoms with van der Waals surface area (Å²) in [6.45, 7) is 10.7. The largest absolute Gasteiger partial charge is 0.444 e. The van der Waals surface area contributed by atoms with Crippen molar-refractivity contribution in [1.29, 1.82) is 0 Å². The molecule has 0 atom stereocenters. The minimum atomic E-state index is -0.520. The number of nitrogens with zero attached hydrogens (tertiary/aromatic N) is 1. The lowest BCUT2D eigenvalue weighted by Gasteiger charge is -2.36. The van der Waals surface area contributed by atoms with Gasteiger partial charge in [-0.15, -0.1) is 0 Å². The summed E-state index contributed by atoms with van der Waals surface area (Å²) in [6, 6.07) is 0. The number of ether oxygens (including phenoxy) is 1. The molecule has 0 aromatic carbocycles. The fourth-order valence-electron chi connectivity index (χ4n) is 1.31. The highest BCUT2D eigenvalue weighted by molar-refractivity contribution is 5.78. The molecule has 0 N–H and O–H groups in total. The predicted molar refractivity (Wildman–Crippen MR) is 63.4 cm³/mol. The standard InChI is InChI=1S/C12H23NO3/c1-9(14)8-12(5,6)13(7)10(15)16-11(2,3)4/h8H2,1-7H3. The van der Waals surface area contributed by atoms with E-state index in [-0.39, 0.29) is 5.78 Å². The van der Waals surface area contributed by atoms with Gasteiger partial charge in [-0.1, -0.05) is 0 Å². The van der Waals surface area contributed by atoms with Crippen LogP contribution in [0.15, 0.2) is 0 Å². The number of ketones is 1. The third kappa shape index (κ3) is 5.14. The summed E-state index contributed by atoms with van der Waals surface area (Å²) in [5.41, 5.74) is -1.04. The van der Waals surface area contributed by atoms with E-state index in [9.17, 15) is 9.59 Å². The van der Waals surface area contributed by atoms with Crippen LogP contribution < -0.4 is 0 Å². The summed E-state index contributed by atoms with van der Waals surface area (Å²) in [4.78, 5) is 24.3. The first-order valence-electron chi connectivity index (χ1n) is 5.42. The molecule has 16 heavy (non-hydrogen) atoms. The Balaban J connectivity index is 4.59. The quantitative estimate of drug-likeness (QED) is 0.747. The maximum atomic E-state index is 11.8. The maximum Gasteiger partial charge on any atom is 0.410 e. The second kappa shape index (κ2) is 4.85. The Kier molecular flexibility index (Phi) is 4.53. The zero-order valence-corrected chi connectivity index (χ0v) is 11.4. The first kappa shape index (κ1) is 14.9. The topological polar surface area (TPSA) is 46.6 Å². The van der Waals surface area contributed by atoms with Gasteiger partial charge in [0.15, 0.2) is 0 Å². The highest BCUT2D eigenvalue weighted by atomic mass is 16.6. The van der Waals surface area contributed by atoms with E-state index in [2.05, 4.69) is 0 Å². The maximum absolute atomic E-state index is 11.8. The van der Waals surface area contributed by atoms with E-state index in [1.54, 1.807) is 7.05 Å². The van der Waals surface area contributed by atoms with E-state index in [1.165, 1.54) is 11.8 Å². The molecular formula is C12H23NO3. The molecule has 0 saturated heterocycles. The molecule has 0 rings (SSSR count). The Morgan fingerprint density at radius 2 is 1.56 bits per heavy atom. The van der Waals surface area contributed by atoms with Crippen molar-refractivity contribution in [3.63, 3.8) is 0 Å². The molecule has 0 heterocycles. The number of hydrogen-bond acceptors (Lipinski definition) is 3. The smallest absolute Gasteiger partial charge is 0.410 e. The first-order valence-corrected chi connectivity index (χ1v) is 5.42. The summed E-state index contributed by atoms with van der Waals surface area (Å²) in [5.74, 6) is 0.0559. The highest BCUT2D eigenvalue weighted by Crippen LogP contribution is 2.20. The molecule has 0 unspecified atom stereocenters. The Bertz CT molecular complexity index is 276. The number of Topliss-reactive ketones (excluding diaryl/α,β-unsaturated/α-hetero) is 1. The average molecular weight is 229 g/mol. The number of hydrogen-bond donors (Lipinski definition) is 0. The minimum Gasteiger partial charge on any atom is -0.444 e. The molecule has 4 heteroatoms. The van der Waals surface area contributed by atoms with Gasteiger partial charge in [0.05, 0.1) is 0 Å². The van der Waals surface area contributed by atoms with Crippen molar-refractivity contribution in [3.8, 4) is 0 Å². The van der Waals surface area contributed by atoms with Gasteiger partial charge in [-0.3, -0.25) is 4.79 Å². The van der Waals surface area contributed by atoms with Crippen molar-refractivity contribution in [2.45, 2.75) is 59.1 Å². The molecule has 0 saturated carbocycles. The van der Waals surface area contributed by atoms with Gasteiger partial charge in [0.1, 0.15) is 11.4 Å². The molecule has 0 radical (unpaired) electrons. The van der Waals surface area contributed by atoms with Gasteiger partial charge in [0, 0.05) is 19.0 Å². The van der Waals surface area contributed by atoms with Crippen molar-refractivity contribution in [2.75, 3.05) is 7.05 Å². The van der Waals surface area contributed by atoms with Crippen molar-refractivity contribution >= 4 is 11.9 Å². The second-order valence-electron chi connectivity index (χ2n) is 5.73. The van der Waals surface area contributed by atoms with Crippen molar-refractivity contribution in [1.82, 2.24) is 4.90 Å². The third-order valence-electron chi connectivity index (χ3n) is 2.26. The lowest BCUT2D eigenvalue weighted by molar-refractivity contribution is -0.119. The first-order chi connectivity index (χ1) is 6.96. The summed E-state index contributed by atoms with van der Waals surface area (Å²) in [6.07, 6.45) is -0.0818. The molecule has 0 fully saturated rings. The van der Waals surface area contributed by atoms with E-state index in [4.69, 9.17) is 4.74 Å². The SMILES string of the molecule is CC(=O)CC(C)(C)N(C)C(=O)OC(C)(C)C. The van der Waals surface area contributed by atoms with Crippen molar-refractivity contribution in [3.05, 3.63) is 0 Å². The number of amides is 1. The van der Waals surface area contributed by atoms with Crippen LogP contribution in [0.25, 0.3) is 0 Å². The highest BCUT2D eigenvalue weighted by Gasteiger charge is 2.31. The van der Waals surface area contributed by atoms with Crippen LogP contribution in [-0.2, 0) is 9.53 Å². The van der Waals surface area contributed by atoms with Gasteiger partial charge in [0.25, 0.3) is 0 Å². The molecule has 0 aromatic rings. The Hall–Kier alpha value is -1.06. The van der Waals surface area contributed by atoms with Crippen LogP contribution in [0.5, 0.6) is 0 Å². The van der Waals surface area contributed by atoms with Crippen LogP contribution in [0, 0.1) is 0 Å². The van der Waals surface area contributed by atoms with E-state index in [0.29, 0.717) is 6.42 Å². The molecule has 0 spiro atoms. The van der Waals surface area contributed by atoms with Gasteiger partial charge in [-0.25, -0.2) is 4.79 Å². The Morgan fingerprint density at radius 1 is 1.12 bits per heavy atom. The van der Waals surface area contributed by atoms with Crippen LogP contribution in [-0.4, -0.2) is 35.0 Å². The van der Waals surface area contributed by atoms with E-state index in [1.807, 2.05) is 34.6 Å². The summed E-state index contributed by atoms with van der Waals surface area (Å²) < 4.78 is 5.24. The molecule has 0 bridgehead atoms. The minimum absolute atomic E-state index is 0.0559. The van der Waals surface area contributed by atoms with E-state index in [0.717, 1.165) is 0 Å². The van der Waals surface area contributed by atoms with Gasteiger partial charge in [-0.2, -0.15) is 0 Å². The van der Waals surface area contributed by atoms with Crippen LogP contribution >= 0.6 is 0 Å². The van der Waals surface area contributed by atoms with Crippen LogP contribution in [0.3, 0.4) is 0 Å². The van der Waals surface area contributed by atoms with Crippen LogP contribution in [0.1, 0.15) is 48.0 Å². The molecule has 94 valence electrons. The zero-order valence-electron chi connectivity index (χ0n) is 11.4. The van der Waals surface area contributed by atoms with Gasteiger partial charge >= 0.3 is 6.09 Å². The fourth-order valence-corrected chi connectivity index (χ4v) is 1.31. The molecule has 0 aliphatic heterocycles. The predicted octanol–water partition coefficient (Wildman–Crippen LogP) is 2.61. The third-order valence-corrected chi connectivity index (χ3v) is 2.26. The van der Waals surface area contributed by atoms with Crippen LogP contribution in [0.2, 0.25) is 0 Å². The van der Waals surface area contributed by atoms with Gasteiger partial charge in [-0.05, 0) is 41.5 Å². The fraction of sp³-hybridized carbons (Fsp3) is 0.833. The van der Waals surface area contributed by atoms with E-state index < -0.39 is 17.2 Å². The summed E-state index contributed by atoms with van der Waals surface area (Å²) in [5, 5.41) is 0. The lowest BCUT2D eigenvalue weighted by atomic mass is 9.97. The Labute approximate surface area is 98.0 Å². The Morgan fingerprint density at radius 3 is 1.88 bits per heavy atom. The molecule has 1 amide bonds. The number of rotatable bonds is 3. The number of carbonyl (C=O) groups excluding carboxylic acids is 2. The second-order valence-corrected chi connectivity index (χ2v) is 5.73. The molecule has 0 aliphatic carbocycles. The molecule has 4 nitrogen and oxygen atoms in total. The van der Waals surface area contributed by atoms with Gasteiger partial charge in [0.2, 0.25) is 0 Å². The average Bonchev–Trinajstić information content (AvgIpc) is 1.96. The monoisotopic (exact) mass is 229 g/mol. The molecule has 0 aliphatic rings. The van der Waals surface area contributed by atoms with E-state index >= 15 is 0 Å². The molecular weight excluding hydrogens is 206 g/mol. The number of carbonyl (C=O) groups is 2. The van der Waals surface area contributed by atoms with Crippen molar-refractivity contribution < 1.29 is 14.3 Å². The normalized spacial score (nSPS) is 12.2. The lowest BCUT2D eigenvalue weighted by Crippen LogP contribution is -2.48. The van der Waals surface area contributed by atoms with Crippen molar-refractivity contribution in [2.24, 2.45) is 0 Å². The molecule has 0 aromatic heterocycles. The zero-order chi connectivity index (χ0) is 13.1.